The molecule has 4 rings (SSSR count). The summed E-state index contributed by atoms with van der Waals surface area (Å²) in [5, 5.41) is 9.53. The lowest BCUT2D eigenvalue weighted by Crippen LogP contribution is -2.49. The van der Waals surface area contributed by atoms with Gasteiger partial charge < -0.3 is 15.5 Å². The predicted molar refractivity (Wildman–Crippen MR) is 103 cm³/mol. The number of benzene rings is 1. The molecule has 2 aromatic rings. The number of rotatable bonds is 3. The summed E-state index contributed by atoms with van der Waals surface area (Å²) in [4.78, 5) is 38.7. The molecule has 1 aromatic carbocycles. The Balaban J connectivity index is 1.40. The summed E-state index contributed by atoms with van der Waals surface area (Å²) >= 11 is 0. The molecule has 0 radical (unpaired) electrons. The highest BCUT2D eigenvalue weighted by Crippen LogP contribution is 2.28. The van der Waals surface area contributed by atoms with Crippen LogP contribution >= 0.6 is 0 Å². The maximum atomic E-state index is 12.4. The molecule has 2 fully saturated rings. The van der Waals surface area contributed by atoms with Crippen molar-refractivity contribution in [3.8, 4) is 11.1 Å². The first-order chi connectivity index (χ1) is 13.5. The normalized spacial score (nSPS) is 21.3. The van der Waals surface area contributed by atoms with Crippen molar-refractivity contribution in [3.63, 3.8) is 0 Å². The summed E-state index contributed by atoms with van der Waals surface area (Å²) in [6.07, 6.45) is 6.78. The number of carbonyl (C=O) groups excluding carboxylic acids is 3. The zero-order chi connectivity index (χ0) is 19.7. The molecule has 0 bridgehead atoms. The molecule has 8 nitrogen and oxygen atoms in total. The van der Waals surface area contributed by atoms with E-state index >= 15 is 0 Å². The molecular formula is C20H23N5O3. The van der Waals surface area contributed by atoms with Crippen molar-refractivity contribution in [2.75, 3.05) is 11.9 Å². The lowest BCUT2D eigenvalue weighted by Gasteiger charge is -2.32. The number of nitrogens with zero attached hydrogens (tertiary/aromatic N) is 3. The minimum atomic E-state index is -0.731. The summed E-state index contributed by atoms with van der Waals surface area (Å²) < 4.78 is 1.70. The third kappa shape index (κ3) is 3.62. The molecule has 0 spiro atoms. The summed E-state index contributed by atoms with van der Waals surface area (Å²) in [6, 6.07) is 6.96. The van der Waals surface area contributed by atoms with E-state index in [9.17, 15) is 14.4 Å². The smallest absolute Gasteiger partial charge is 0.313 e. The van der Waals surface area contributed by atoms with Crippen LogP contribution in [0.3, 0.4) is 0 Å². The number of carbonyl (C=O) groups is 3. The van der Waals surface area contributed by atoms with E-state index in [0.717, 1.165) is 36.9 Å². The number of amides is 3. The lowest BCUT2D eigenvalue weighted by molar-refractivity contribution is -0.136. The van der Waals surface area contributed by atoms with Crippen LogP contribution < -0.4 is 10.6 Å². The number of piperidine rings is 1. The Morgan fingerprint density at radius 2 is 2.04 bits per heavy atom. The fraction of sp³-hybridized carbons (Fsp3) is 0.400. The van der Waals surface area contributed by atoms with Gasteiger partial charge in [-0.25, -0.2) is 0 Å². The fourth-order valence-corrected chi connectivity index (χ4v) is 4.04. The first kappa shape index (κ1) is 18.2. The van der Waals surface area contributed by atoms with Gasteiger partial charge in [-0.15, -0.1) is 0 Å². The minimum absolute atomic E-state index is 0.00640. The molecule has 146 valence electrons. The highest BCUT2D eigenvalue weighted by Gasteiger charge is 2.41. The molecule has 1 aromatic heterocycles. The number of hydrogen-bond acceptors (Lipinski definition) is 4. The fourth-order valence-electron chi connectivity index (χ4n) is 4.04. The second-order valence-electron chi connectivity index (χ2n) is 7.37. The van der Waals surface area contributed by atoms with E-state index in [1.807, 2.05) is 30.3 Å². The average Bonchev–Trinajstić information content (AvgIpc) is 3.26. The molecule has 8 heteroatoms. The Morgan fingerprint density at radius 1 is 1.18 bits per heavy atom. The third-order valence-corrected chi connectivity index (χ3v) is 5.41. The molecule has 3 amide bonds. The Labute approximate surface area is 162 Å². The SMILES string of the molecule is Cn1cc(-c2cccc(NC(=O)C(=O)NC3CC(=O)N4CCCCC34)c2)cn1. The van der Waals surface area contributed by atoms with E-state index in [-0.39, 0.29) is 24.4 Å². The van der Waals surface area contributed by atoms with E-state index < -0.39 is 11.8 Å². The topological polar surface area (TPSA) is 96.3 Å². The second kappa shape index (κ2) is 7.46. The maximum absolute atomic E-state index is 12.4. The summed E-state index contributed by atoms with van der Waals surface area (Å²) in [5.41, 5.74) is 2.35. The number of aryl methyl sites for hydroxylation is 1. The Morgan fingerprint density at radius 3 is 2.82 bits per heavy atom. The van der Waals surface area contributed by atoms with Crippen molar-refractivity contribution in [1.29, 1.82) is 0 Å². The van der Waals surface area contributed by atoms with Crippen LogP contribution in [0.4, 0.5) is 5.69 Å². The number of anilines is 1. The van der Waals surface area contributed by atoms with Crippen molar-refractivity contribution in [2.24, 2.45) is 7.05 Å². The standard InChI is InChI=1S/C20H23N5O3/c1-24-12-14(11-21-24)13-5-4-6-15(9-13)22-19(27)20(28)23-16-10-18(26)25-8-3-2-7-17(16)25/h4-6,9,11-12,16-17H,2-3,7-8,10H2,1H3,(H,22,27)(H,23,28). The van der Waals surface area contributed by atoms with Crippen molar-refractivity contribution in [2.45, 2.75) is 37.8 Å². The molecule has 2 aliphatic heterocycles. The van der Waals surface area contributed by atoms with Gasteiger partial charge in [-0.05, 0) is 37.0 Å². The molecule has 2 aliphatic rings. The van der Waals surface area contributed by atoms with E-state index in [2.05, 4.69) is 15.7 Å². The average molecular weight is 381 g/mol. The second-order valence-corrected chi connectivity index (χ2v) is 7.37. The van der Waals surface area contributed by atoms with Gasteiger partial charge in [0.15, 0.2) is 0 Å². The summed E-state index contributed by atoms with van der Waals surface area (Å²) in [6.45, 7) is 0.739. The van der Waals surface area contributed by atoms with Gasteiger partial charge in [0.25, 0.3) is 0 Å². The van der Waals surface area contributed by atoms with Crippen LogP contribution in [0, 0.1) is 0 Å². The molecule has 28 heavy (non-hydrogen) atoms. The quantitative estimate of drug-likeness (QED) is 0.783. The highest BCUT2D eigenvalue weighted by atomic mass is 16.2. The van der Waals surface area contributed by atoms with E-state index in [1.165, 1.54) is 0 Å². The maximum Gasteiger partial charge on any atom is 0.313 e. The van der Waals surface area contributed by atoms with Crippen molar-refractivity contribution in [1.82, 2.24) is 20.0 Å². The van der Waals surface area contributed by atoms with Gasteiger partial charge in [-0.2, -0.15) is 5.10 Å². The van der Waals surface area contributed by atoms with Crippen molar-refractivity contribution >= 4 is 23.4 Å². The van der Waals surface area contributed by atoms with Crippen LogP contribution in [0.25, 0.3) is 11.1 Å². The molecule has 3 heterocycles. The van der Waals surface area contributed by atoms with Crippen LogP contribution in [-0.4, -0.2) is 51.0 Å². The van der Waals surface area contributed by atoms with Crippen LogP contribution in [0.1, 0.15) is 25.7 Å². The van der Waals surface area contributed by atoms with Gasteiger partial charge >= 0.3 is 11.8 Å². The monoisotopic (exact) mass is 381 g/mol. The van der Waals surface area contributed by atoms with Crippen LogP contribution in [-0.2, 0) is 21.4 Å². The lowest BCUT2D eigenvalue weighted by atomic mass is 9.99. The molecule has 2 saturated heterocycles. The van der Waals surface area contributed by atoms with Gasteiger partial charge in [0.2, 0.25) is 5.91 Å². The van der Waals surface area contributed by atoms with E-state index in [4.69, 9.17) is 0 Å². The number of nitrogens with one attached hydrogen (secondary N) is 2. The number of fused-ring (bicyclic) bond motifs is 1. The number of hydrogen-bond donors (Lipinski definition) is 2. The Bertz CT molecular complexity index is 922. The van der Waals surface area contributed by atoms with Gasteiger partial charge in [0.05, 0.1) is 18.3 Å². The number of aromatic nitrogens is 2. The molecular weight excluding hydrogens is 358 g/mol. The summed E-state index contributed by atoms with van der Waals surface area (Å²) in [7, 11) is 1.83. The predicted octanol–water partition coefficient (Wildman–Crippen LogP) is 1.30. The summed E-state index contributed by atoms with van der Waals surface area (Å²) in [5.74, 6) is -1.39. The van der Waals surface area contributed by atoms with Crippen LogP contribution in [0.15, 0.2) is 36.7 Å². The van der Waals surface area contributed by atoms with Gasteiger partial charge in [-0.1, -0.05) is 12.1 Å². The van der Waals surface area contributed by atoms with Crippen LogP contribution in [0.2, 0.25) is 0 Å². The van der Waals surface area contributed by atoms with Gasteiger partial charge in [0, 0.05) is 37.5 Å². The zero-order valence-electron chi connectivity index (χ0n) is 15.7. The van der Waals surface area contributed by atoms with E-state index in [1.54, 1.807) is 23.0 Å². The van der Waals surface area contributed by atoms with Crippen molar-refractivity contribution in [3.05, 3.63) is 36.7 Å². The third-order valence-electron chi connectivity index (χ3n) is 5.41. The zero-order valence-corrected chi connectivity index (χ0v) is 15.7. The molecule has 2 N–H and O–H groups in total. The largest absolute Gasteiger partial charge is 0.342 e. The minimum Gasteiger partial charge on any atom is -0.342 e. The van der Waals surface area contributed by atoms with E-state index in [0.29, 0.717) is 5.69 Å². The molecule has 2 atom stereocenters. The van der Waals surface area contributed by atoms with Crippen LogP contribution in [0.5, 0.6) is 0 Å². The molecule has 2 unspecified atom stereocenters. The van der Waals surface area contributed by atoms with Gasteiger partial charge in [-0.3, -0.25) is 19.1 Å². The molecule has 0 saturated carbocycles. The first-order valence-corrected chi connectivity index (χ1v) is 9.51. The Kier molecular flexibility index (Phi) is 4.85. The first-order valence-electron chi connectivity index (χ1n) is 9.51. The van der Waals surface area contributed by atoms with Gasteiger partial charge in [0.1, 0.15) is 0 Å². The Hall–Kier alpha value is -3.16. The highest BCUT2D eigenvalue weighted by molar-refractivity contribution is 6.39. The van der Waals surface area contributed by atoms with Crippen molar-refractivity contribution < 1.29 is 14.4 Å². The molecule has 0 aliphatic carbocycles.